The van der Waals surface area contributed by atoms with E-state index in [2.05, 4.69) is 26.8 Å². The maximum Gasteiger partial charge on any atom is 0.223 e. The van der Waals surface area contributed by atoms with E-state index >= 15 is 0 Å². The molecule has 0 saturated heterocycles. The topological polar surface area (TPSA) is 77.8 Å². The first-order valence-corrected chi connectivity index (χ1v) is 13.1. The Kier molecular flexibility index (Phi) is 6.64. The molecule has 1 unspecified atom stereocenters. The van der Waals surface area contributed by atoms with Crippen LogP contribution in [0.2, 0.25) is 5.15 Å². The highest BCUT2D eigenvalue weighted by Gasteiger charge is 2.31. The van der Waals surface area contributed by atoms with Gasteiger partial charge in [0.05, 0.1) is 28.6 Å². The number of hydrogen-bond acceptors (Lipinski definition) is 6. The van der Waals surface area contributed by atoms with E-state index in [1.54, 1.807) is 24.4 Å². The summed E-state index contributed by atoms with van der Waals surface area (Å²) >= 11 is 6.29. The zero-order chi connectivity index (χ0) is 26.1. The molecule has 0 bridgehead atoms. The van der Waals surface area contributed by atoms with Crippen molar-refractivity contribution in [2.24, 2.45) is 0 Å². The first kappa shape index (κ1) is 24.3. The highest BCUT2D eigenvalue weighted by atomic mass is 35.5. The summed E-state index contributed by atoms with van der Waals surface area (Å²) in [5.74, 6) is 1.92. The lowest BCUT2D eigenvalue weighted by molar-refractivity contribution is 0.258. The normalized spacial score (nSPS) is 14.6. The highest BCUT2D eigenvalue weighted by Crippen LogP contribution is 2.40. The van der Waals surface area contributed by atoms with Gasteiger partial charge in [-0.2, -0.15) is 0 Å². The number of anilines is 1. The average molecular weight is 529 g/mol. The molecule has 5 aromatic rings. The van der Waals surface area contributed by atoms with Gasteiger partial charge in [0.25, 0.3) is 0 Å². The minimum Gasteiger partial charge on any atom is -0.491 e. The van der Waals surface area contributed by atoms with Crippen LogP contribution in [0.5, 0.6) is 5.75 Å². The quantitative estimate of drug-likeness (QED) is 0.225. The molecule has 0 radical (unpaired) electrons. The Morgan fingerprint density at radius 1 is 1.08 bits per heavy atom. The molecule has 9 heteroatoms. The molecule has 1 aliphatic heterocycles. The number of aromatic nitrogens is 5. The number of rotatable bonds is 8. The van der Waals surface area contributed by atoms with Gasteiger partial charge >= 0.3 is 0 Å². The molecule has 4 heterocycles. The first-order chi connectivity index (χ1) is 18.6. The molecule has 0 fully saturated rings. The van der Waals surface area contributed by atoms with E-state index in [9.17, 15) is 4.39 Å². The van der Waals surface area contributed by atoms with Crippen LogP contribution in [0.4, 0.5) is 10.3 Å². The number of fused-ring (bicyclic) bond motifs is 2. The van der Waals surface area contributed by atoms with Crippen LogP contribution in [0.25, 0.3) is 33.5 Å². The summed E-state index contributed by atoms with van der Waals surface area (Å²) in [6, 6.07) is 17.9. The molecule has 0 saturated carbocycles. The molecule has 0 amide bonds. The largest absolute Gasteiger partial charge is 0.491 e. The highest BCUT2D eigenvalue weighted by molar-refractivity contribution is 6.30. The molecule has 3 aromatic heterocycles. The Labute approximate surface area is 224 Å². The molecule has 6 rings (SSSR count). The molecule has 192 valence electrons. The number of imidazole rings is 1. The predicted octanol–water partition coefficient (Wildman–Crippen LogP) is 6.74. The summed E-state index contributed by atoms with van der Waals surface area (Å²) < 4.78 is 22.3. The molecule has 7 nitrogen and oxygen atoms in total. The lowest BCUT2D eigenvalue weighted by Gasteiger charge is -2.19. The minimum absolute atomic E-state index is 0.0226. The number of aryl methyl sites for hydroxylation is 1. The number of pyridine rings is 1. The Balaban J connectivity index is 1.40. The monoisotopic (exact) mass is 528 g/mol. The van der Waals surface area contributed by atoms with Crippen LogP contribution in [0.3, 0.4) is 0 Å². The standard InChI is InChI=1S/C29H26ClFN6O/c1-2-14-32-29-33-15-13-23(35-29)28-27(18-7-9-19(31)10-8-18)36-26-12-11-20(37(26)28)17-38-24-16-25(30)34-22-6-4-3-5-21(22)24/h3-10,13,15-16,20H,2,11-12,14,17H2,1H3,(H,32,33,35). The zero-order valence-corrected chi connectivity index (χ0v) is 21.6. The van der Waals surface area contributed by atoms with Crippen LogP contribution in [0, 0.1) is 5.82 Å². The Morgan fingerprint density at radius 3 is 2.76 bits per heavy atom. The third-order valence-corrected chi connectivity index (χ3v) is 6.87. The second kappa shape index (κ2) is 10.4. The lowest BCUT2D eigenvalue weighted by atomic mass is 10.1. The third-order valence-electron chi connectivity index (χ3n) is 6.68. The average Bonchev–Trinajstić information content (AvgIpc) is 3.50. The zero-order valence-electron chi connectivity index (χ0n) is 20.9. The summed E-state index contributed by atoms with van der Waals surface area (Å²) in [4.78, 5) is 18.6. The van der Waals surface area contributed by atoms with Crippen LogP contribution in [0.15, 0.2) is 66.9 Å². The number of hydrogen-bond donors (Lipinski definition) is 1. The van der Waals surface area contributed by atoms with Gasteiger partial charge in [0.2, 0.25) is 5.95 Å². The van der Waals surface area contributed by atoms with Crippen LogP contribution in [0.1, 0.15) is 31.6 Å². The molecular formula is C29H26ClFN6O. The van der Waals surface area contributed by atoms with Crippen molar-refractivity contribution in [2.75, 3.05) is 18.5 Å². The molecular weight excluding hydrogens is 503 g/mol. The van der Waals surface area contributed by atoms with Gasteiger partial charge in [-0.1, -0.05) is 30.7 Å². The minimum atomic E-state index is -0.287. The van der Waals surface area contributed by atoms with Crippen molar-refractivity contribution >= 4 is 28.5 Å². The Bertz CT molecular complexity index is 1600. The molecule has 0 aliphatic carbocycles. The fourth-order valence-corrected chi connectivity index (χ4v) is 5.11. The summed E-state index contributed by atoms with van der Waals surface area (Å²) in [6.45, 7) is 3.30. The maximum absolute atomic E-state index is 13.7. The second-order valence-electron chi connectivity index (χ2n) is 9.26. The van der Waals surface area contributed by atoms with E-state index in [1.807, 2.05) is 30.3 Å². The van der Waals surface area contributed by atoms with Crippen LogP contribution in [-0.4, -0.2) is 37.7 Å². The SMILES string of the molecule is CCCNc1nccc(-c2c(-c3ccc(F)cc3)nc3n2C(COc2cc(Cl)nc4ccccc24)CC3)n1. The summed E-state index contributed by atoms with van der Waals surface area (Å²) in [6.07, 6.45) is 4.39. The molecule has 1 aliphatic rings. The molecule has 0 spiro atoms. The van der Waals surface area contributed by atoms with E-state index in [4.69, 9.17) is 26.3 Å². The predicted molar refractivity (Wildman–Crippen MR) is 147 cm³/mol. The lowest BCUT2D eigenvalue weighted by Crippen LogP contribution is -2.15. The number of nitrogens with zero attached hydrogens (tertiary/aromatic N) is 5. The van der Waals surface area contributed by atoms with Gasteiger partial charge in [0, 0.05) is 36.2 Å². The molecule has 1 atom stereocenters. The number of ether oxygens (including phenoxy) is 1. The first-order valence-electron chi connectivity index (χ1n) is 12.7. The number of para-hydroxylation sites is 1. The van der Waals surface area contributed by atoms with E-state index in [1.165, 1.54) is 12.1 Å². The summed E-state index contributed by atoms with van der Waals surface area (Å²) in [5, 5.41) is 4.57. The smallest absolute Gasteiger partial charge is 0.223 e. The van der Waals surface area contributed by atoms with Gasteiger partial charge in [-0.3, -0.25) is 0 Å². The van der Waals surface area contributed by atoms with Crippen molar-refractivity contribution in [3.05, 3.63) is 83.7 Å². The molecule has 2 aromatic carbocycles. The number of halogens is 2. The number of nitrogens with one attached hydrogen (secondary N) is 1. The Morgan fingerprint density at radius 2 is 1.92 bits per heavy atom. The van der Waals surface area contributed by atoms with E-state index in [0.29, 0.717) is 23.5 Å². The van der Waals surface area contributed by atoms with Gasteiger partial charge in [0.1, 0.15) is 29.2 Å². The van der Waals surface area contributed by atoms with Gasteiger partial charge in [-0.15, -0.1) is 0 Å². The summed E-state index contributed by atoms with van der Waals surface area (Å²) in [5.41, 5.74) is 4.01. The van der Waals surface area contributed by atoms with Crippen molar-refractivity contribution < 1.29 is 9.13 Å². The van der Waals surface area contributed by atoms with E-state index in [0.717, 1.165) is 65.2 Å². The van der Waals surface area contributed by atoms with Crippen molar-refractivity contribution in [3.8, 4) is 28.4 Å². The van der Waals surface area contributed by atoms with Crippen LogP contribution < -0.4 is 10.1 Å². The van der Waals surface area contributed by atoms with Crippen LogP contribution in [-0.2, 0) is 6.42 Å². The van der Waals surface area contributed by atoms with E-state index < -0.39 is 0 Å². The van der Waals surface area contributed by atoms with Crippen LogP contribution >= 0.6 is 11.6 Å². The van der Waals surface area contributed by atoms with Gasteiger partial charge in [-0.05, 0) is 55.3 Å². The van der Waals surface area contributed by atoms with Crippen molar-refractivity contribution in [2.45, 2.75) is 32.2 Å². The van der Waals surface area contributed by atoms with Crippen molar-refractivity contribution in [1.29, 1.82) is 0 Å². The maximum atomic E-state index is 13.7. The molecule has 1 N–H and O–H groups in total. The Hall–Kier alpha value is -4.04. The number of benzene rings is 2. The fourth-order valence-electron chi connectivity index (χ4n) is 4.92. The fraction of sp³-hybridized carbons (Fsp3) is 0.241. The second-order valence-corrected chi connectivity index (χ2v) is 9.65. The van der Waals surface area contributed by atoms with E-state index in [-0.39, 0.29) is 11.9 Å². The van der Waals surface area contributed by atoms with Gasteiger partial charge in [-0.25, -0.2) is 24.3 Å². The van der Waals surface area contributed by atoms with Gasteiger partial charge < -0.3 is 14.6 Å². The third kappa shape index (κ3) is 4.67. The molecule has 38 heavy (non-hydrogen) atoms. The van der Waals surface area contributed by atoms with Crippen molar-refractivity contribution in [1.82, 2.24) is 24.5 Å². The summed E-state index contributed by atoms with van der Waals surface area (Å²) in [7, 11) is 0. The van der Waals surface area contributed by atoms with Gasteiger partial charge in [0.15, 0.2) is 0 Å². The van der Waals surface area contributed by atoms with Crippen molar-refractivity contribution in [3.63, 3.8) is 0 Å².